The average Bonchev–Trinajstić information content (AvgIpc) is 2.39. The zero-order valence-corrected chi connectivity index (χ0v) is 11.8. The third-order valence-corrected chi connectivity index (χ3v) is 4.00. The predicted molar refractivity (Wildman–Crippen MR) is 79.2 cm³/mol. The van der Waals surface area contributed by atoms with Crippen LogP contribution < -0.4 is 5.32 Å². The van der Waals surface area contributed by atoms with Gasteiger partial charge in [-0.25, -0.2) is 4.99 Å². The summed E-state index contributed by atoms with van der Waals surface area (Å²) in [5, 5.41) is 3.37. The van der Waals surface area contributed by atoms with Crippen molar-refractivity contribution in [1.29, 1.82) is 0 Å². The van der Waals surface area contributed by atoms with E-state index in [2.05, 4.69) is 45.5 Å². The summed E-state index contributed by atoms with van der Waals surface area (Å²) in [6.45, 7) is 4.94. The Balaban J connectivity index is 1.70. The van der Waals surface area contributed by atoms with Gasteiger partial charge in [0.2, 0.25) is 0 Å². The van der Waals surface area contributed by atoms with Crippen molar-refractivity contribution in [2.75, 3.05) is 13.1 Å². The van der Waals surface area contributed by atoms with Crippen molar-refractivity contribution in [2.24, 2.45) is 4.99 Å². The molecule has 1 aromatic carbocycles. The van der Waals surface area contributed by atoms with Gasteiger partial charge in [-0.1, -0.05) is 41.9 Å². The van der Waals surface area contributed by atoms with Gasteiger partial charge < -0.3 is 5.32 Å². The lowest BCUT2D eigenvalue weighted by Crippen LogP contribution is -2.41. The first-order valence-corrected chi connectivity index (χ1v) is 7.10. The molecule has 0 saturated carbocycles. The molecule has 3 rings (SSSR count). The standard InChI is InChI=1S/C15H18ClN3/c1-11-17-14-10-19(8-7-13(14)15(16)18-11)9-12-5-3-2-4-6-12/h2-6,15H,7-10H2,1H3,(H,17,18). The van der Waals surface area contributed by atoms with Gasteiger partial charge in [0.05, 0.1) is 5.84 Å². The molecule has 2 aliphatic heterocycles. The average molecular weight is 276 g/mol. The third kappa shape index (κ3) is 2.82. The van der Waals surface area contributed by atoms with E-state index in [4.69, 9.17) is 11.6 Å². The molecule has 1 N–H and O–H groups in total. The molecule has 3 nitrogen and oxygen atoms in total. The SMILES string of the molecule is CC1=NC(Cl)C2=C(CN(Cc3ccccc3)CC2)N1. The quantitative estimate of drug-likeness (QED) is 0.664. The first-order valence-electron chi connectivity index (χ1n) is 6.66. The van der Waals surface area contributed by atoms with Crippen molar-refractivity contribution in [2.45, 2.75) is 25.4 Å². The Kier molecular flexibility index (Phi) is 3.58. The Bertz CT molecular complexity index is 521. The van der Waals surface area contributed by atoms with Crippen LogP contribution in [0.5, 0.6) is 0 Å². The molecule has 0 amide bonds. The number of aliphatic imine (C=N–C) groups is 1. The highest BCUT2D eigenvalue weighted by molar-refractivity contribution is 6.23. The van der Waals surface area contributed by atoms with Gasteiger partial charge in [0.15, 0.2) is 0 Å². The maximum Gasteiger partial charge on any atom is 0.148 e. The molecule has 19 heavy (non-hydrogen) atoms. The van der Waals surface area contributed by atoms with Gasteiger partial charge in [-0.05, 0) is 24.5 Å². The fourth-order valence-corrected chi connectivity index (χ4v) is 3.08. The second kappa shape index (κ2) is 5.35. The Labute approximate surface area is 119 Å². The van der Waals surface area contributed by atoms with Crippen LogP contribution in [0.15, 0.2) is 46.6 Å². The fourth-order valence-electron chi connectivity index (χ4n) is 2.69. The lowest BCUT2D eigenvalue weighted by atomic mass is 10.0. The van der Waals surface area contributed by atoms with Gasteiger partial charge in [0.25, 0.3) is 0 Å². The summed E-state index contributed by atoms with van der Waals surface area (Å²) < 4.78 is 0. The molecule has 0 aliphatic carbocycles. The van der Waals surface area contributed by atoms with Crippen LogP contribution in [0, 0.1) is 0 Å². The summed E-state index contributed by atoms with van der Waals surface area (Å²) in [6, 6.07) is 10.6. The normalized spacial score (nSPS) is 23.7. The predicted octanol–water partition coefficient (Wildman–Crippen LogP) is 2.73. The van der Waals surface area contributed by atoms with Crippen molar-refractivity contribution in [3.8, 4) is 0 Å². The van der Waals surface area contributed by atoms with Gasteiger partial charge in [-0.3, -0.25) is 4.90 Å². The summed E-state index contributed by atoms with van der Waals surface area (Å²) >= 11 is 6.29. The molecule has 1 unspecified atom stereocenters. The molecule has 4 heteroatoms. The molecule has 1 atom stereocenters. The van der Waals surface area contributed by atoms with Crippen LogP contribution in [0.3, 0.4) is 0 Å². The second-order valence-corrected chi connectivity index (χ2v) is 5.54. The molecular weight excluding hydrogens is 258 g/mol. The van der Waals surface area contributed by atoms with Gasteiger partial charge in [0, 0.05) is 25.3 Å². The minimum atomic E-state index is -0.171. The molecule has 0 radical (unpaired) electrons. The smallest absolute Gasteiger partial charge is 0.148 e. The summed E-state index contributed by atoms with van der Waals surface area (Å²) in [6.07, 6.45) is 1.00. The maximum absolute atomic E-state index is 6.29. The number of rotatable bonds is 2. The highest BCUT2D eigenvalue weighted by Gasteiger charge is 2.26. The number of nitrogens with zero attached hydrogens (tertiary/aromatic N) is 2. The number of benzene rings is 1. The number of amidine groups is 1. The van der Waals surface area contributed by atoms with E-state index in [0.29, 0.717) is 0 Å². The Morgan fingerprint density at radius 2 is 2.16 bits per heavy atom. The molecule has 2 heterocycles. The van der Waals surface area contributed by atoms with Crippen LogP contribution in [0.2, 0.25) is 0 Å². The van der Waals surface area contributed by atoms with Crippen molar-refractivity contribution in [3.63, 3.8) is 0 Å². The van der Waals surface area contributed by atoms with E-state index < -0.39 is 0 Å². The molecule has 1 aromatic rings. The largest absolute Gasteiger partial charge is 0.346 e. The fraction of sp³-hybridized carbons (Fsp3) is 0.400. The van der Waals surface area contributed by atoms with Gasteiger partial charge >= 0.3 is 0 Å². The van der Waals surface area contributed by atoms with E-state index in [0.717, 1.165) is 31.9 Å². The summed E-state index contributed by atoms with van der Waals surface area (Å²) in [5.41, 5.74) is 3.69. The van der Waals surface area contributed by atoms with Gasteiger partial charge in [0.1, 0.15) is 5.50 Å². The van der Waals surface area contributed by atoms with E-state index in [-0.39, 0.29) is 5.50 Å². The van der Waals surface area contributed by atoms with Crippen LogP contribution in [0.1, 0.15) is 18.9 Å². The highest BCUT2D eigenvalue weighted by atomic mass is 35.5. The van der Waals surface area contributed by atoms with Crippen molar-refractivity contribution in [1.82, 2.24) is 10.2 Å². The molecular formula is C15H18ClN3. The van der Waals surface area contributed by atoms with Crippen LogP contribution in [-0.4, -0.2) is 29.3 Å². The summed E-state index contributed by atoms with van der Waals surface area (Å²) in [5.74, 6) is 0.917. The van der Waals surface area contributed by atoms with Crippen molar-refractivity contribution < 1.29 is 0 Å². The molecule has 0 bridgehead atoms. The van der Waals surface area contributed by atoms with E-state index >= 15 is 0 Å². The number of nitrogens with one attached hydrogen (secondary N) is 1. The Morgan fingerprint density at radius 1 is 1.37 bits per heavy atom. The van der Waals surface area contributed by atoms with Crippen LogP contribution in [0.4, 0.5) is 0 Å². The van der Waals surface area contributed by atoms with E-state index in [1.165, 1.54) is 16.8 Å². The lowest BCUT2D eigenvalue weighted by molar-refractivity contribution is 0.270. The number of hydrogen-bond donors (Lipinski definition) is 1. The third-order valence-electron chi connectivity index (χ3n) is 3.64. The molecule has 0 aromatic heterocycles. The zero-order valence-electron chi connectivity index (χ0n) is 11.1. The van der Waals surface area contributed by atoms with Crippen LogP contribution in [-0.2, 0) is 6.54 Å². The minimum Gasteiger partial charge on any atom is -0.346 e. The van der Waals surface area contributed by atoms with E-state index in [9.17, 15) is 0 Å². The number of alkyl halides is 1. The first kappa shape index (κ1) is 12.7. The highest BCUT2D eigenvalue weighted by Crippen LogP contribution is 2.27. The Morgan fingerprint density at radius 3 is 2.95 bits per heavy atom. The number of hydrogen-bond acceptors (Lipinski definition) is 3. The van der Waals surface area contributed by atoms with Gasteiger partial charge in [-0.2, -0.15) is 0 Å². The topological polar surface area (TPSA) is 27.6 Å². The monoisotopic (exact) mass is 275 g/mol. The molecule has 0 saturated heterocycles. The minimum absolute atomic E-state index is 0.171. The summed E-state index contributed by atoms with van der Waals surface area (Å²) in [4.78, 5) is 6.82. The molecule has 0 fully saturated rings. The summed E-state index contributed by atoms with van der Waals surface area (Å²) in [7, 11) is 0. The van der Waals surface area contributed by atoms with E-state index in [1.807, 2.05) is 6.92 Å². The van der Waals surface area contributed by atoms with Crippen LogP contribution >= 0.6 is 11.6 Å². The molecule has 2 aliphatic rings. The van der Waals surface area contributed by atoms with Crippen LogP contribution in [0.25, 0.3) is 0 Å². The number of halogens is 1. The molecule has 0 spiro atoms. The van der Waals surface area contributed by atoms with Crippen molar-refractivity contribution >= 4 is 17.4 Å². The lowest BCUT2D eigenvalue weighted by Gasteiger charge is -2.34. The van der Waals surface area contributed by atoms with Crippen molar-refractivity contribution in [3.05, 3.63) is 47.2 Å². The van der Waals surface area contributed by atoms with E-state index in [1.54, 1.807) is 0 Å². The zero-order chi connectivity index (χ0) is 13.2. The van der Waals surface area contributed by atoms with Gasteiger partial charge in [-0.15, -0.1) is 0 Å². The second-order valence-electron chi connectivity index (χ2n) is 5.13. The molecule has 100 valence electrons. The Hall–Kier alpha value is -1.32. The maximum atomic E-state index is 6.29. The first-order chi connectivity index (χ1) is 9.22.